The first-order valence-electron chi connectivity index (χ1n) is 9.74. The van der Waals surface area contributed by atoms with Gasteiger partial charge in [-0.2, -0.15) is 0 Å². The van der Waals surface area contributed by atoms with Crippen LogP contribution in [0.5, 0.6) is 0 Å². The molecule has 3 amide bonds. The van der Waals surface area contributed by atoms with Gasteiger partial charge >= 0.3 is 0 Å². The van der Waals surface area contributed by atoms with E-state index in [1.165, 1.54) is 0 Å². The number of carbonyl (C=O) groups is 3. The smallest absolute Gasteiger partial charge is 0.238 e. The molecule has 2 saturated heterocycles. The molecule has 0 radical (unpaired) electrons. The summed E-state index contributed by atoms with van der Waals surface area (Å²) >= 11 is 5.85. The summed E-state index contributed by atoms with van der Waals surface area (Å²) in [4.78, 5) is 42.1. The number of amides is 3. The van der Waals surface area contributed by atoms with Crippen LogP contribution in [0, 0.1) is 5.92 Å². The standard InChI is InChI=1S/C20H27ClN4O3/c1-15(26)24-8-6-16(7-9-24)20(28)25-12-10-23(11-13-25)14-19(27)22-18-4-2-17(21)3-5-18/h2-5,16H,6-14H2,1H3,(H,22,27). The van der Waals surface area contributed by atoms with E-state index in [-0.39, 0.29) is 23.6 Å². The highest BCUT2D eigenvalue weighted by molar-refractivity contribution is 6.30. The maximum atomic E-state index is 12.7. The predicted octanol–water partition coefficient (Wildman–Crippen LogP) is 1.68. The summed E-state index contributed by atoms with van der Waals surface area (Å²) in [5.74, 6) is 0.207. The highest BCUT2D eigenvalue weighted by Gasteiger charge is 2.31. The van der Waals surface area contributed by atoms with Crippen LogP contribution in [-0.4, -0.2) is 78.2 Å². The Labute approximate surface area is 170 Å². The lowest BCUT2D eigenvalue weighted by Gasteiger charge is -2.38. The van der Waals surface area contributed by atoms with E-state index in [2.05, 4.69) is 10.2 Å². The largest absolute Gasteiger partial charge is 0.343 e. The lowest BCUT2D eigenvalue weighted by molar-refractivity contribution is -0.141. The summed E-state index contributed by atoms with van der Waals surface area (Å²) in [6.45, 7) is 5.86. The van der Waals surface area contributed by atoms with Crippen LogP contribution in [0.4, 0.5) is 5.69 Å². The third-order valence-corrected chi connectivity index (χ3v) is 5.72. The van der Waals surface area contributed by atoms with Gasteiger partial charge in [0.05, 0.1) is 6.54 Å². The number of anilines is 1. The Morgan fingerprint density at radius 1 is 0.964 bits per heavy atom. The van der Waals surface area contributed by atoms with E-state index in [0.717, 1.165) is 18.5 Å². The van der Waals surface area contributed by atoms with Crippen molar-refractivity contribution in [2.24, 2.45) is 5.92 Å². The summed E-state index contributed by atoms with van der Waals surface area (Å²) < 4.78 is 0. The van der Waals surface area contributed by atoms with Crippen LogP contribution in [0.25, 0.3) is 0 Å². The number of nitrogens with zero attached hydrogens (tertiary/aromatic N) is 3. The Kier molecular flexibility index (Phi) is 6.91. The molecule has 2 heterocycles. The summed E-state index contributed by atoms with van der Waals surface area (Å²) in [6.07, 6.45) is 1.48. The van der Waals surface area contributed by atoms with E-state index in [4.69, 9.17) is 11.6 Å². The zero-order valence-corrected chi connectivity index (χ0v) is 17.0. The van der Waals surface area contributed by atoms with Crippen molar-refractivity contribution >= 4 is 35.0 Å². The second-order valence-electron chi connectivity index (χ2n) is 7.44. The van der Waals surface area contributed by atoms with Crippen LogP contribution in [0.2, 0.25) is 5.02 Å². The van der Waals surface area contributed by atoms with Gasteiger partial charge in [0.2, 0.25) is 17.7 Å². The van der Waals surface area contributed by atoms with Gasteiger partial charge in [0.1, 0.15) is 0 Å². The molecule has 28 heavy (non-hydrogen) atoms. The van der Waals surface area contributed by atoms with Crippen LogP contribution in [0.1, 0.15) is 19.8 Å². The number of hydrogen-bond acceptors (Lipinski definition) is 4. The molecule has 152 valence electrons. The van der Waals surface area contributed by atoms with Gasteiger partial charge in [-0.1, -0.05) is 11.6 Å². The average Bonchev–Trinajstić information content (AvgIpc) is 2.70. The summed E-state index contributed by atoms with van der Waals surface area (Å²) in [7, 11) is 0. The van der Waals surface area contributed by atoms with Gasteiger partial charge in [-0.3, -0.25) is 19.3 Å². The number of likely N-dealkylation sites (tertiary alicyclic amines) is 1. The molecule has 1 aromatic rings. The number of hydrogen-bond donors (Lipinski definition) is 1. The van der Waals surface area contributed by atoms with Gasteiger partial charge in [-0.25, -0.2) is 0 Å². The number of halogens is 1. The first-order valence-corrected chi connectivity index (χ1v) is 10.1. The van der Waals surface area contributed by atoms with Crippen molar-refractivity contribution in [2.75, 3.05) is 51.1 Å². The molecule has 0 unspecified atom stereocenters. The Morgan fingerprint density at radius 3 is 2.14 bits per heavy atom. The van der Waals surface area contributed by atoms with Gasteiger partial charge in [0.15, 0.2) is 0 Å². The fourth-order valence-corrected chi connectivity index (χ4v) is 3.89. The van der Waals surface area contributed by atoms with E-state index >= 15 is 0 Å². The van der Waals surface area contributed by atoms with E-state index in [0.29, 0.717) is 50.8 Å². The SMILES string of the molecule is CC(=O)N1CCC(C(=O)N2CCN(CC(=O)Nc3ccc(Cl)cc3)CC2)CC1. The predicted molar refractivity (Wildman–Crippen MR) is 108 cm³/mol. The van der Waals surface area contributed by atoms with Gasteiger partial charge in [0, 0.05) is 62.8 Å². The minimum atomic E-state index is -0.0706. The minimum Gasteiger partial charge on any atom is -0.343 e. The summed E-state index contributed by atoms with van der Waals surface area (Å²) in [5, 5.41) is 3.49. The fraction of sp³-hybridized carbons (Fsp3) is 0.550. The Morgan fingerprint density at radius 2 is 1.57 bits per heavy atom. The van der Waals surface area contributed by atoms with Crippen molar-refractivity contribution in [2.45, 2.75) is 19.8 Å². The summed E-state index contributed by atoms with van der Waals surface area (Å²) in [5.41, 5.74) is 0.722. The molecule has 8 heteroatoms. The fourth-order valence-electron chi connectivity index (χ4n) is 3.76. The maximum Gasteiger partial charge on any atom is 0.238 e. The van der Waals surface area contributed by atoms with Crippen molar-refractivity contribution in [3.05, 3.63) is 29.3 Å². The number of rotatable bonds is 4. The van der Waals surface area contributed by atoms with E-state index < -0.39 is 0 Å². The molecule has 3 rings (SSSR count). The quantitative estimate of drug-likeness (QED) is 0.825. The lowest BCUT2D eigenvalue weighted by Crippen LogP contribution is -2.53. The van der Waals surface area contributed by atoms with Crippen LogP contribution in [0.3, 0.4) is 0 Å². The Bertz CT molecular complexity index is 709. The Hall–Kier alpha value is -2.12. The molecule has 0 atom stereocenters. The molecule has 0 aromatic heterocycles. The van der Waals surface area contributed by atoms with Crippen LogP contribution >= 0.6 is 11.6 Å². The highest BCUT2D eigenvalue weighted by atomic mass is 35.5. The molecular weight excluding hydrogens is 380 g/mol. The van der Waals surface area contributed by atoms with Gasteiger partial charge < -0.3 is 15.1 Å². The third kappa shape index (κ3) is 5.45. The van der Waals surface area contributed by atoms with Crippen molar-refractivity contribution in [3.8, 4) is 0 Å². The van der Waals surface area contributed by atoms with E-state index in [1.54, 1.807) is 36.1 Å². The van der Waals surface area contributed by atoms with Crippen molar-refractivity contribution < 1.29 is 14.4 Å². The van der Waals surface area contributed by atoms with Crippen molar-refractivity contribution in [1.29, 1.82) is 0 Å². The zero-order chi connectivity index (χ0) is 20.1. The number of piperazine rings is 1. The minimum absolute atomic E-state index is 0.00959. The van der Waals surface area contributed by atoms with Crippen LogP contribution in [0.15, 0.2) is 24.3 Å². The molecule has 1 aromatic carbocycles. The molecule has 2 aliphatic rings. The van der Waals surface area contributed by atoms with Gasteiger partial charge in [-0.15, -0.1) is 0 Å². The molecule has 0 saturated carbocycles. The highest BCUT2D eigenvalue weighted by Crippen LogP contribution is 2.20. The monoisotopic (exact) mass is 406 g/mol. The van der Waals surface area contributed by atoms with Crippen LogP contribution < -0.4 is 5.32 Å². The second-order valence-corrected chi connectivity index (χ2v) is 7.87. The Balaban J connectivity index is 1.40. The lowest BCUT2D eigenvalue weighted by atomic mass is 9.95. The normalized spacial score (nSPS) is 18.8. The average molecular weight is 407 g/mol. The third-order valence-electron chi connectivity index (χ3n) is 5.47. The summed E-state index contributed by atoms with van der Waals surface area (Å²) in [6, 6.07) is 7.02. The molecular formula is C20H27ClN4O3. The molecule has 0 aliphatic carbocycles. The van der Waals surface area contributed by atoms with Crippen molar-refractivity contribution in [3.63, 3.8) is 0 Å². The molecule has 1 N–H and O–H groups in total. The maximum absolute atomic E-state index is 12.7. The molecule has 2 aliphatic heterocycles. The number of benzene rings is 1. The topological polar surface area (TPSA) is 73.0 Å². The molecule has 2 fully saturated rings. The van der Waals surface area contributed by atoms with Gasteiger partial charge in [-0.05, 0) is 37.1 Å². The van der Waals surface area contributed by atoms with Crippen LogP contribution in [-0.2, 0) is 14.4 Å². The number of carbonyl (C=O) groups excluding carboxylic acids is 3. The van der Waals surface area contributed by atoms with E-state index in [9.17, 15) is 14.4 Å². The second kappa shape index (κ2) is 9.39. The number of piperidine rings is 1. The van der Waals surface area contributed by atoms with Crippen molar-refractivity contribution in [1.82, 2.24) is 14.7 Å². The first kappa shape index (κ1) is 20.6. The molecule has 7 nitrogen and oxygen atoms in total. The van der Waals surface area contributed by atoms with E-state index in [1.807, 2.05) is 4.90 Å². The zero-order valence-electron chi connectivity index (χ0n) is 16.2. The number of nitrogens with one attached hydrogen (secondary N) is 1. The van der Waals surface area contributed by atoms with Gasteiger partial charge in [0.25, 0.3) is 0 Å². The first-order chi connectivity index (χ1) is 13.4. The molecule has 0 spiro atoms. The molecule has 0 bridgehead atoms.